The number of hydrogen-bond donors (Lipinski definition) is 0. The van der Waals surface area contributed by atoms with Gasteiger partial charge in [0.15, 0.2) is 11.6 Å². The summed E-state index contributed by atoms with van der Waals surface area (Å²) in [6.45, 7) is 0. The van der Waals surface area contributed by atoms with Crippen molar-refractivity contribution in [3.63, 3.8) is 0 Å². The molecular weight excluding hydrogens is 238 g/mol. The quantitative estimate of drug-likeness (QED) is 0.612. The van der Waals surface area contributed by atoms with Crippen LogP contribution < -0.4 is 4.90 Å². The fourth-order valence-electron chi connectivity index (χ4n) is 2.23. The van der Waals surface area contributed by atoms with Crippen LogP contribution in [0.4, 0.5) is 14.5 Å². The van der Waals surface area contributed by atoms with Gasteiger partial charge in [0.1, 0.15) is 0 Å². The highest BCUT2D eigenvalue weighted by Crippen LogP contribution is 2.46. The van der Waals surface area contributed by atoms with Gasteiger partial charge in [-0.2, -0.15) is 4.99 Å². The van der Waals surface area contributed by atoms with Gasteiger partial charge in [-0.3, -0.25) is 0 Å². The lowest BCUT2D eigenvalue weighted by atomic mass is 9.72. The maximum Gasteiger partial charge on any atom is 0.235 e. The zero-order valence-corrected chi connectivity index (χ0v) is 10.3. The average molecular weight is 252 g/mol. The van der Waals surface area contributed by atoms with Gasteiger partial charge < -0.3 is 4.90 Å². The molecule has 0 radical (unpaired) electrons. The van der Waals surface area contributed by atoms with E-state index in [0.29, 0.717) is 18.4 Å². The number of halogens is 2. The number of rotatable bonds is 3. The van der Waals surface area contributed by atoms with Crippen LogP contribution in [0.5, 0.6) is 0 Å². The van der Waals surface area contributed by atoms with Crippen LogP contribution in [-0.2, 0) is 10.3 Å². The molecule has 0 atom stereocenters. The molecule has 3 nitrogen and oxygen atoms in total. The summed E-state index contributed by atoms with van der Waals surface area (Å²) in [6.07, 6.45) is 3.79. The summed E-state index contributed by atoms with van der Waals surface area (Å²) in [4.78, 5) is 15.8. The molecule has 18 heavy (non-hydrogen) atoms. The van der Waals surface area contributed by atoms with Gasteiger partial charge in [-0.1, -0.05) is 0 Å². The van der Waals surface area contributed by atoms with E-state index in [0.717, 1.165) is 12.5 Å². The largest absolute Gasteiger partial charge is 0.375 e. The highest BCUT2D eigenvalue weighted by molar-refractivity contribution is 5.52. The molecule has 0 unspecified atom stereocenters. The van der Waals surface area contributed by atoms with Crippen LogP contribution in [0.3, 0.4) is 0 Å². The van der Waals surface area contributed by atoms with Crippen molar-refractivity contribution in [2.45, 2.75) is 24.8 Å². The topological polar surface area (TPSA) is 32.7 Å². The van der Waals surface area contributed by atoms with Gasteiger partial charge in [0, 0.05) is 14.1 Å². The van der Waals surface area contributed by atoms with Gasteiger partial charge in [-0.05, 0) is 37.0 Å². The van der Waals surface area contributed by atoms with E-state index in [1.165, 1.54) is 11.0 Å². The minimum atomic E-state index is -0.913. The molecule has 0 saturated heterocycles. The molecule has 0 amide bonds. The van der Waals surface area contributed by atoms with E-state index >= 15 is 0 Å². The molecule has 5 heteroatoms. The second-order valence-corrected chi connectivity index (χ2v) is 4.77. The molecule has 1 saturated carbocycles. The van der Waals surface area contributed by atoms with Crippen molar-refractivity contribution < 1.29 is 13.6 Å². The Morgan fingerprint density at radius 1 is 1.33 bits per heavy atom. The Morgan fingerprint density at radius 2 is 2.00 bits per heavy atom. The summed E-state index contributed by atoms with van der Waals surface area (Å²) >= 11 is 0. The van der Waals surface area contributed by atoms with Gasteiger partial charge in [0.05, 0.1) is 11.2 Å². The van der Waals surface area contributed by atoms with E-state index in [2.05, 4.69) is 4.99 Å². The van der Waals surface area contributed by atoms with Crippen molar-refractivity contribution in [3.8, 4) is 0 Å². The van der Waals surface area contributed by atoms with Gasteiger partial charge in [-0.15, -0.1) is 0 Å². The molecule has 1 fully saturated rings. The second-order valence-electron chi connectivity index (χ2n) is 4.77. The van der Waals surface area contributed by atoms with E-state index in [1.807, 2.05) is 0 Å². The lowest BCUT2D eigenvalue weighted by molar-refractivity contribution is 0.254. The van der Waals surface area contributed by atoms with E-state index < -0.39 is 17.2 Å². The molecule has 2 rings (SSSR count). The van der Waals surface area contributed by atoms with Crippen molar-refractivity contribution in [1.82, 2.24) is 0 Å². The van der Waals surface area contributed by atoms with Crippen LogP contribution in [0, 0.1) is 11.6 Å². The fraction of sp³-hybridized carbons (Fsp3) is 0.462. The lowest BCUT2D eigenvalue weighted by Crippen LogP contribution is -2.32. The average Bonchev–Trinajstić information content (AvgIpc) is 2.26. The molecular formula is C13H14F2N2O. The van der Waals surface area contributed by atoms with Crippen LogP contribution in [0.15, 0.2) is 17.1 Å². The van der Waals surface area contributed by atoms with Crippen molar-refractivity contribution >= 4 is 11.8 Å². The third-order valence-corrected chi connectivity index (χ3v) is 3.47. The Balaban J connectivity index is 2.55. The Kier molecular flexibility index (Phi) is 3.18. The monoisotopic (exact) mass is 252 g/mol. The summed E-state index contributed by atoms with van der Waals surface area (Å²) in [7, 11) is 3.27. The zero-order valence-electron chi connectivity index (χ0n) is 10.3. The number of anilines is 1. The normalized spacial score (nSPS) is 16.7. The van der Waals surface area contributed by atoms with Gasteiger partial charge in [-0.25, -0.2) is 13.6 Å². The van der Waals surface area contributed by atoms with E-state index in [4.69, 9.17) is 0 Å². The third kappa shape index (κ3) is 1.91. The zero-order chi connectivity index (χ0) is 13.3. The summed E-state index contributed by atoms with van der Waals surface area (Å²) in [5.74, 6) is -1.79. The summed E-state index contributed by atoms with van der Waals surface area (Å²) in [6, 6.07) is 2.68. The first-order valence-electron chi connectivity index (χ1n) is 5.76. The van der Waals surface area contributed by atoms with E-state index in [1.54, 1.807) is 20.2 Å². The first-order valence-corrected chi connectivity index (χ1v) is 5.76. The minimum Gasteiger partial charge on any atom is -0.375 e. The number of aliphatic imine (C=N–C) groups is 1. The van der Waals surface area contributed by atoms with Crippen molar-refractivity contribution in [2.24, 2.45) is 4.99 Å². The molecule has 0 N–H and O–H groups in total. The predicted octanol–water partition coefficient (Wildman–Crippen LogP) is 2.75. The number of hydrogen-bond acceptors (Lipinski definition) is 3. The van der Waals surface area contributed by atoms with E-state index in [-0.39, 0.29) is 5.69 Å². The van der Waals surface area contributed by atoms with Crippen LogP contribution in [0.25, 0.3) is 0 Å². The molecule has 1 aromatic carbocycles. The molecule has 1 aliphatic rings. The van der Waals surface area contributed by atoms with Crippen molar-refractivity contribution in [3.05, 3.63) is 29.3 Å². The van der Waals surface area contributed by atoms with Crippen molar-refractivity contribution in [2.75, 3.05) is 19.0 Å². The number of benzene rings is 1. The Morgan fingerprint density at radius 3 is 2.44 bits per heavy atom. The second kappa shape index (κ2) is 4.50. The van der Waals surface area contributed by atoms with Gasteiger partial charge >= 0.3 is 0 Å². The SMILES string of the molecule is CN(C)c1cc(C2(N=C=O)CCC2)cc(F)c1F. The Hall–Kier alpha value is -1.74. The van der Waals surface area contributed by atoms with Crippen LogP contribution in [0.1, 0.15) is 24.8 Å². The first-order chi connectivity index (χ1) is 8.50. The molecule has 1 aromatic rings. The van der Waals surface area contributed by atoms with E-state index in [9.17, 15) is 13.6 Å². The third-order valence-electron chi connectivity index (χ3n) is 3.47. The lowest BCUT2D eigenvalue weighted by Gasteiger charge is -2.37. The highest BCUT2D eigenvalue weighted by atomic mass is 19.2. The first kappa shape index (κ1) is 12.7. The molecule has 0 spiro atoms. The van der Waals surface area contributed by atoms with Crippen LogP contribution >= 0.6 is 0 Å². The molecule has 0 heterocycles. The molecule has 96 valence electrons. The van der Waals surface area contributed by atoms with Crippen LogP contribution in [-0.4, -0.2) is 20.2 Å². The summed E-state index contributed by atoms with van der Waals surface area (Å²) < 4.78 is 27.2. The number of carbonyl (C=O) groups excluding carboxylic acids is 1. The molecule has 0 bridgehead atoms. The molecule has 0 aliphatic heterocycles. The Labute approximate surface area is 104 Å². The highest BCUT2D eigenvalue weighted by Gasteiger charge is 2.40. The molecule has 1 aliphatic carbocycles. The molecule has 0 aromatic heterocycles. The summed E-state index contributed by atoms with van der Waals surface area (Å²) in [5.41, 5.74) is -0.00167. The number of nitrogens with zero attached hydrogens (tertiary/aromatic N) is 2. The number of isocyanates is 1. The van der Waals surface area contributed by atoms with Gasteiger partial charge in [0.25, 0.3) is 0 Å². The smallest absolute Gasteiger partial charge is 0.235 e. The van der Waals surface area contributed by atoms with Gasteiger partial charge in [0.2, 0.25) is 6.08 Å². The maximum absolute atomic E-state index is 13.6. The standard InChI is InChI=1S/C13H14F2N2O/c1-17(2)11-7-9(6-10(14)12(11)15)13(16-8-18)4-3-5-13/h6-7H,3-5H2,1-2H3. The summed E-state index contributed by atoms with van der Waals surface area (Å²) in [5, 5.41) is 0. The van der Waals surface area contributed by atoms with Crippen LogP contribution in [0.2, 0.25) is 0 Å². The Bertz CT molecular complexity index is 518. The maximum atomic E-state index is 13.6. The minimum absolute atomic E-state index is 0.164. The fourth-order valence-corrected chi connectivity index (χ4v) is 2.23. The predicted molar refractivity (Wildman–Crippen MR) is 64.3 cm³/mol. The van der Waals surface area contributed by atoms with Crippen molar-refractivity contribution in [1.29, 1.82) is 0 Å².